The summed E-state index contributed by atoms with van der Waals surface area (Å²) in [5.74, 6) is 5.22. The van der Waals surface area contributed by atoms with Crippen LogP contribution < -0.4 is 9.46 Å². The Hall–Kier alpha value is -1.62. The number of nitrogens with zero attached hydrogens (tertiary/aromatic N) is 1. The van der Waals surface area contributed by atoms with Crippen LogP contribution in [0.25, 0.3) is 0 Å². The van der Waals surface area contributed by atoms with Gasteiger partial charge < -0.3 is 4.74 Å². The number of hydrogen-bond acceptors (Lipinski definition) is 4. The van der Waals surface area contributed by atoms with Crippen molar-refractivity contribution < 1.29 is 17.5 Å². The van der Waals surface area contributed by atoms with E-state index < -0.39 is 15.8 Å². The van der Waals surface area contributed by atoms with Gasteiger partial charge in [-0.05, 0) is 44.1 Å². The van der Waals surface area contributed by atoms with Crippen molar-refractivity contribution >= 4 is 10.0 Å². The maximum absolute atomic E-state index is 13.3. The molecule has 7 heteroatoms. The second-order valence-electron chi connectivity index (χ2n) is 5.31. The highest BCUT2D eigenvalue weighted by molar-refractivity contribution is 7.89. The van der Waals surface area contributed by atoms with E-state index in [0.717, 1.165) is 25.2 Å². The summed E-state index contributed by atoms with van der Waals surface area (Å²) in [6.45, 7) is 2.71. The maximum atomic E-state index is 13.3. The molecule has 0 amide bonds. The molecule has 5 nitrogen and oxygen atoms in total. The van der Waals surface area contributed by atoms with Gasteiger partial charge in [-0.3, -0.25) is 4.90 Å². The smallest absolute Gasteiger partial charge is 0.245 e. The number of hydrogen-bond donors (Lipinski definition) is 1. The van der Waals surface area contributed by atoms with E-state index in [0.29, 0.717) is 6.54 Å². The molecule has 23 heavy (non-hydrogen) atoms. The van der Waals surface area contributed by atoms with Crippen molar-refractivity contribution in [3.8, 4) is 17.6 Å². The van der Waals surface area contributed by atoms with Gasteiger partial charge in [0.25, 0.3) is 0 Å². The molecule has 1 aliphatic heterocycles. The summed E-state index contributed by atoms with van der Waals surface area (Å²) in [5.41, 5.74) is 0. The molecule has 126 valence electrons. The first-order valence-corrected chi connectivity index (χ1v) is 9.02. The van der Waals surface area contributed by atoms with Gasteiger partial charge in [0, 0.05) is 0 Å². The van der Waals surface area contributed by atoms with E-state index in [9.17, 15) is 12.8 Å². The average Bonchev–Trinajstić information content (AvgIpc) is 2.55. The lowest BCUT2D eigenvalue weighted by Crippen LogP contribution is -2.30. The van der Waals surface area contributed by atoms with Gasteiger partial charge in [-0.1, -0.05) is 18.3 Å². The van der Waals surface area contributed by atoms with E-state index in [4.69, 9.17) is 4.74 Å². The van der Waals surface area contributed by atoms with Crippen molar-refractivity contribution in [2.75, 3.05) is 33.3 Å². The van der Waals surface area contributed by atoms with Gasteiger partial charge >= 0.3 is 0 Å². The van der Waals surface area contributed by atoms with E-state index in [1.165, 1.54) is 32.4 Å². The molecule has 0 unspecified atom stereocenters. The summed E-state index contributed by atoms with van der Waals surface area (Å²) in [6.07, 6.45) is 3.64. The Balaban J connectivity index is 1.93. The molecule has 0 spiro atoms. The first-order chi connectivity index (χ1) is 11.0. The van der Waals surface area contributed by atoms with Gasteiger partial charge in [-0.2, -0.15) is 4.72 Å². The number of nitrogens with one attached hydrogen (secondary N) is 1. The molecule has 1 N–H and O–H groups in total. The van der Waals surface area contributed by atoms with E-state index in [2.05, 4.69) is 21.5 Å². The highest BCUT2D eigenvalue weighted by Crippen LogP contribution is 2.23. The van der Waals surface area contributed by atoms with Crippen LogP contribution in [0.3, 0.4) is 0 Å². The molecule has 2 rings (SSSR count). The fraction of sp³-hybridized carbons (Fsp3) is 0.500. The Bertz CT molecular complexity index is 689. The summed E-state index contributed by atoms with van der Waals surface area (Å²) in [7, 11) is -2.52. The highest BCUT2D eigenvalue weighted by atomic mass is 32.2. The Labute approximate surface area is 136 Å². The average molecular weight is 340 g/mol. The van der Waals surface area contributed by atoms with Crippen molar-refractivity contribution in [1.82, 2.24) is 9.62 Å². The van der Waals surface area contributed by atoms with Gasteiger partial charge in [-0.25, -0.2) is 12.8 Å². The molecule has 1 heterocycles. The van der Waals surface area contributed by atoms with Crippen LogP contribution >= 0.6 is 0 Å². The lowest BCUT2D eigenvalue weighted by atomic mass is 10.1. The molecule has 0 aromatic heterocycles. The molecule has 0 atom stereocenters. The minimum atomic E-state index is -3.86. The van der Waals surface area contributed by atoms with E-state index in [1.54, 1.807) is 0 Å². The van der Waals surface area contributed by atoms with Crippen molar-refractivity contribution in [3.63, 3.8) is 0 Å². The number of ether oxygens (including phenoxy) is 1. The number of methoxy groups -OCH3 is 1. The highest BCUT2D eigenvalue weighted by Gasteiger charge is 2.19. The third-order valence-corrected chi connectivity index (χ3v) is 5.06. The van der Waals surface area contributed by atoms with Crippen molar-refractivity contribution in [2.45, 2.75) is 24.2 Å². The summed E-state index contributed by atoms with van der Waals surface area (Å²) in [6, 6.07) is 3.37. The Morgan fingerprint density at radius 3 is 2.70 bits per heavy atom. The largest absolute Gasteiger partial charge is 0.495 e. The Kier molecular flexibility index (Phi) is 6.39. The predicted molar refractivity (Wildman–Crippen MR) is 86.2 cm³/mol. The van der Waals surface area contributed by atoms with Gasteiger partial charge in [0.05, 0.1) is 20.2 Å². The van der Waals surface area contributed by atoms with Crippen LogP contribution in [0, 0.1) is 17.7 Å². The van der Waals surface area contributed by atoms with Crippen LogP contribution in [0.1, 0.15) is 19.3 Å². The number of piperidine rings is 1. The molecule has 0 saturated carbocycles. The number of benzene rings is 1. The minimum Gasteiger partial charge on any atom is -0.495 e. The lowest BCUT2D eigenvalue weighted by Gasteiger charge is -2.23. The van der Waals surface area contributed by atoms with Gasteiger partial charge in [0.2, 0.25) is 10.0 Å². The molecule has 1 aromatic rings. The molecule has 1 aliphatic rings. The quantitative estimate of drug-likeness (QED) is 0.827. The monoisotopic (exact) mass is 340 g/mol. The van der Waals surface area contributed by atoms with Crippen LogP contribution in [-0.4, -0.2) is 46.6 Å². The van der Waals surface area contributed by atoms with Crippen LogP contribution in [0.15, 0.2) is 23.1 Å². The molecule has 1 aromatic carbocycles. The Morgan fingerprint density at radius 2 is 2.00 bits per heavy atom. The number of sulfonamides is 1. The zero-order valence-corrected chi connectivity index (χ0v) is 14.0. The standard InChI is InChI=1S/C16H21FN2O3S/c1-22-15-8-7-14(17)13-16(15)23(20,21)18-9-3-6-12-19-10-4-2-5-11-19/h7-8,13,18H,2,4-5,9-12H2,1H3. The van der Waals surface area contributed by atoms with Gasteiger partial charge in [0.1, 0.15) is 16.5 Å². The zero-order chi connectivity index (χ0) is 16.7. The second-order valence-corrected chi connectivity index (χ2v) is 7.05. The predicted octanol–water partition coefficient (Wildman–Crippen LogP) is 1.60. The van der Waals surface area contributed by atoms with Crippen molar-refractivity contribution in [1.29, 1.82) is 0 Å². The van der Waals surface area contributed by atoms with Crippen molar-refractivity contribution in [3.05, 3.63) is 24.0 Å². The summed E-state index contributed by atoms with van der Waals surface area (Å²) >= 11 is 0. The van der Waals surface area contributed by atoms with Gasteiger partial charge in [-0.15, -0.1) is 0 Å². The first-order valence-electron chi connectivity index (χ1n) is 7.54. The van der Waals surface area contributed by atoms with Crippen molar-refractivity contribution in [2.24, 2.45) is 0 Å². The second kappa shape index (κ2) is 8.29. The molecule has 0 radical (unpaired) electrons. The summed E-state index contributed by atoms with van der Waals surface area (Å²) in [4.78, 5) is 2.03. The molecule has 1 fully saturated rings. The van der Waals surface area contributed by atoms with Crippen LogP contribution in [-0.2, 0) is 10.0 Å². The van der Waals surface area contributed by atoms with E-state index in [-0.39, 0.29) is 17.2 Å². The topological polar surface area (TPSA) is 58.6 Å². The first kappa shape index (κ1) is 17.7. The molecular formula is C16H21FN2O3S. The van der Waals surface area contributed by atoms with Crippen LogP contribution in [0.4, 0.5) is 4.39 Å². The third-order valence-electron chi connectivity index (χ3n) is 3.64. The zero-order valence-electron chi connectivity index (χ0n) is 13.1. The third kappa shape index (κ3) is 5.20. The van der Waals surface area contributed by atoms with E-state index >= 15 is 0 Å². The molecular weight excluding hydrogens is 319 g/mol. The molecule has 1 saturated heterocycles. The lowest BCUT2D eigenvalue weighted by molar-refractivity contribution is 0.255. The molecule has 0 bridgehead atoms. The van der Waals surface area contributed by atoms with Crippen LogP contribution in [0.5, 0.6) is 5.75 Å². The maximum Gasteiger partial charge on any atom is 0.245 e. The molecule has 0 aliphatic carbocycles. The summed E-state index contributed by atoms with van der Waals surface area (Å²) < 4.78 is 45.0. The number of halogens is 1. The fourth-order valence-corrected chi connectivity index (χ4v) is 3.52. The summed E-state index contributed by atoms with van der Waals surface area (Å²) in [5, 5.41) is 0. The van der Waals surface area contributed by atoms with E-state index in [1.807, 2.05) is 0 Å². The number of likely N-dealkylation sites (tertiary alicyclic amines) is 1. The van der Waals surface area contributed by atoms with Crippen LogP contribution in [0.2, 0.25) is 0 Å². The van der Waals surface area contributed by atoms with Gasteiger partial charge in [0.15, 0.2) is 0 Å². The Morgan fingerprint density at radius 1 is 1.26 bits per heavy atom. The normalized spacial score (nSPS) is 15.7. The number of rotatable bonds is 5. The minimum absolute atomic E-state index is 0.0180. The SMILES string of the molecule is COc1ccc(F)cc1S(=O)(=O)NCC#CCN1CCCCC1. The fourth-order valence-electron chi connectivity index (χ4n) is 2.42.